The van der Waals surface area contributed by atoms with Crippen LogP contribution in [0.25, 0.3) is 10.8 Å². The number of rotatable bonds is 7. The monoisotopic (exact) mass is 721 g/mol. The zero-order valence-corrected chi connectivity index (χ0v) is 27.7. The van der Waals surface area contributed by atoms with Gasteiger partial charge in [-0.15, -0.1) is 0 Å². The average molecular weight is 722 g/mol. The number of aromatic hydroxyl groups is 1. The van der Waals surface area contributed by atoms with E-state index in [4.69, 9.17) is 0 Å². The fourth-order valence-corrected chi connectivity index (χ4v) is 8.13. The van der Waals surface area contributed by atoms with E-state index in [9.17, 15) is 42.3 Å². The molecule has 3 aromatic carbocycles. The summed E-state index contributed by atoms with van der Waals surface area (Å²) in [6.07, 6.45) is 1.16. The highest BCUT2D eigenvalue weighted by Crippen LogP contribution is 2.39. The van der Waals surface area contributed by atoms with Gasteiger partial charge in [-0.25, -0.2) is 13.4 Å². The molecule has 0 saturated carbocycles. The van der Waals surface area contributed by atoms with Gasteiger partial charge in [0.2, 0.25) is 23.6 Å². The summed E-state index contributed by atoms with van der Waals surface area (Å²) in [7, 11) is -4.36. The number of imide groups is 1. The lowest BCUT2D eigenvalue weighted by atomic mass is 9.95. The number of likely N-dealkylation sites (tertiary alicyclic amines) is 1. The van der Waals surface area contributed by atoms with E-state index in [1.807, 2.05) is 0 Å². The van der Waals surface area contributed by atoms with E-state index < -0.39 is 57.8 Å². The van der Waals surface area contributed by atoms with Crippen LogP contribution in [0.2, 0.25) is 0 Å². The van der Waals surface area contributed by atoms with Gasteiger partial charge in [0.05, 0.1) is 6.54 Å². The number of amides is 6. The lowest BCUT2D eigenvalue weighted by Gasteiger charge is -2.31. The number of phenolic OH excluding ortho intramolecular Hbond substituents is 1. The van der Waals surface area contributed by atoms with Gasteiger partial charge in [-0.05, 0) is 61.0 Å². The number of fused-ring (bicyclic) bond motifs is 2. The number of nitrogens with zero attached hydrogens (tertiary/aromatic N) is 3. The van der Waals surface area contributed by atoms with E-state index in [1.165, 1.54) is 23.1 Å². The largest absolute Gasteiger partial charge is 0.506 e. The topological polar surface area (TPSA) is 215 Å². The Bertz CT molecular complexity index is 2150. The van der Waals surface area contributed by atoms with E-state index in [0.29, 0.717) is 52.7 Å². The van der Waals surface area contributed by atoms with E-state index in [1.54, 1.807) is 27.8 Å². The van der Waals surface area contributed by atoms with Gasteiger partial charge in [-0.2, -0.15) is 8.42 Å². The summed E-state index contributed by atoms with van der Waals surface area (Å²) in [6.45, 7) is 0.0682. The van der Waals surface area contributed by atoms with Crippen LogP contribution < -0.4 is 25.0 Å². The molecule has 5 N–H and O–H groups in total. The van der Waals surface area contributed by atoms with Crippen LogP contribution in [-0.4, -0.2) is 91.0 Å². The molecule has 266 valence electrons. The Labute approximate surface area is 290 Å². The summed E-state index contributed by atoms with van der Waals surface area (Å²) in [4.78, 5) is 78.0. The first kappa shape index (κ1) is 33.7. The van der Waals surface area contributed by atoms with Gasteiger partial charge in [0.15, 0.2) is 5.82 Å². The number of anilines is 3. The second kappa shape index (κ2) is 12.8. The number of phenols is 1. The minimum Gasteiger partial charge on any atom is -0.506 e. The van der Waals surface area contributed by atoms with E-state index in [-0.39, 0.29) is 60.3 Å². The van der Waals surface area contributed by atoms with Gasteiger partial charge in [0.1, 0.15) is 24.0 Å². The number of hydrogen-bond donors (Lipinski definition) is 5. The molecule has 51 heavy (non-hydrogen) atoms. The van der Waals surface area contributed by atoms with Crippen LogP contribution in [0.1, 0.15) is 41.6 Å². The Hall–Kier alpha value is -5.78. The number of halogens is 1. The maximum atomic E-state index is 15.4. The standard InChI is InChI=1S/C33H32FN7O9S/c34-29-20-5-4-19(12-18(20)13-25(42)30(29)41-16-27(44)38-51(41,49)50)36-31(46)17-8-10-39(11-9-17)28(45)14-35-23-3-1-2-21-22(23)15-40(33(21)48)24-6-7-26(43)37-32(24)47/h1-5,12-13,17,24,35,42H,6-11,14-16H2,(H,36,46)(H,38,44)(H,37,43,47). The highest BCUT2D eigenvalue weighted by atomic mass is 32.2. The van der Waals surface area contributed by atoms with Crippen molar-refractivity contribution in [1.29, 1.82) is 0 Å². The van der Waals surface area contributed by atoms with Gasteiger partial charge in [-0.3, -0.25) is 34.1 Å². The smallest absolute Gasteiger partial charge is 0.326 e. The molecule has 0 radical (unpaired) electrons. The quantitative estimate of drug-likeness (QED) is 0.218. The Morgan fingerprint density at radius 2 is 1.75 bits per heavy atom. The molecule has 7 rings (SSSR count). The van der Waals surface area contributed by atoms with Crippen LogP contribution in [0.5, 0.6) is 5.75 Å². The van der Waals surface area contributed by atoms with Crippen molar-refractivity contribution in [3.8, 4) is 5.75 Å². The second-order valence-corrected chi connectivity index (χ2v) is 14.4. The summed E-state index contributed by atoms with van der Waals surface area (Å²) in [5.41, 5.74) is 1.34. The van der Waals surface area contributed by atoms with Crippen molar-refractivity contribution in [2.45, 2.75) is 38.3 Å². The summed E-state index contributed by atoms with van der Waals surface area (Å²) in [5, 5.41) is 18.8. The third kappa shape index (κ3) is 6.26. The zero-order valence-electron chi connectivity index (χ0n) is 26.9. The van der Waals surface area contributed by atoms with Crippen molar-refractivity contribution >= 4 is 73.5 Å². The summed E-state index contributed by atoms with van der Waals surface area (Å²) in [5.74, 6) is -4.73. The predicted molar refractivity (Wildman–Crippen MR) is 179 cm³/mol. The van der Waals surface area contributed by atoms with Crippen molar-refractivity contribution < 1.29 is 46.7 Å². The fraction of sp³-hybridized carbons (Fsp3) is 0.333. The Kier molecular flexibility index (Phi) is 8.48. The second-order valence-electron chi connectivity index (χ2n) is 12.8. The van der Waals surface area contributed by atoms with Crippen LogP contribution in [0.4, 0.5) is 21.5 Å². The molecule has 18 heteroatoms. The molecule has 4 heterocycles. The first-order chi connectivity index (χ1) is 24.3. The summed E-state index contributed by atoms with van der Waals surface area (Å²) < 4.78 is 42.0. The summed E-state index contributed by atoms with van der Waals surface area (Å²) in [6, 6.07) is 9.71. The number of carbonyl (C=O) groups is 6. The summed E-state index contributed by atoms with van der Waals surface area (Å²) >= 11 is 0. The van der Waals surface area contributed by atoms with Gasteiger partial charge in [0.25, 0.3) is 11.8 Å². The fourth-order valence-electron chi connectivity index (χ4n) is 6.97. The van der Waals surface area contributed by atoms with Crippen molar-refractivity contribution in [1.82, 2.24) is 19.8 Å². The number of hydrogen-bond acceptors (Lipinski definition) is 10. The van der Waals surface area contributed by atoms with Crippen LogP contribution >= 0.6 is 0 Å². The van der Waals surface area contributed by atoms with Crippen LogP contribution in [-0.2, 0) is 40.7 Å². The molecule has 4 aliphatic heterocycles. The first-order valence-corrected chi connectivity index (χ1v) is 17.6. The molecular weight excluding hydrogens is 689 g/mol. The molecule has 16 nitrogen and oxygen atoms in total. The molecule has 1 atom stereocenters. The molecule has 3 aromatic rings. The molecule has 0 bridgehead atoms. The number of nitrogens with one attached hydrogen (secondary N) is 4. The highest BCUT2D eigenvalue weighted by molar-refractivity contribution is 7.92. The van der Waals surface area contributed by atoms with Crippen LogP contribution in [0, 0.1) is 11.7 Å². The minimum atomic E-state index is -4.36. The van der Waals surface area contributed by atoms with Gasteiger partial charge in [0, 0.05) is 59.9 Å². The normalized spacial score (nSPS) is 20.3. The number of piperidine rings is 2. The predicted octanol–water partition coefficient (Wildman–Crippen LogP) is 0.916. The SMILES string of the molecule is O=C1CCC(N2Cc3c(NCC(=O)N4CCC(C(=O)Nc5ccc6c(F)c(N7CC(=O)NS7(=O)=O)c(O)cc6c5)CC4)cccc3C2=O)C(=O)N1. The van der Waals surface area contributed by atoms with Crippen LogP contribution in [0.15, 0.2) is 42.5 Å². The molecule has 0 aliphatic carbocycles. The Morgan fingerprint density at radius 3 is 2.45 bits per heavy atom. The molecule has 0 spiro atoms. The molecule has 6 amide bonds. The Morgan fingerprint density at radius 1 is 0.980 bits per heavy atom. The molecule has 3 saturated heterocycles. The molecule has 0 aromatic heterocycles. The number of benzene rings is 3. The highest BCUT2D eigenvalue weighted by Gasteiger charge is 2.40. The van der Waals surface area contributed by atoms with Gasteiger partial charge < -0.3 is 25.5 Å². The third-order valence-corrected chi connectivity index (χ3v) is 11.0. The molecule has 1 unspecified atom stereocenters. The number of carbonyl (C=O) groups excluding carboxylic acids is 6. The Balaban J connectivity index is 0.937. The van der Waals surface area contributed by atoms with Gasteiger partial charge >= 0.3 is 10.2 Å². The first-order valence-electron chi connectivity index (χ1n) is 16.2. The van der Waals surface area contributed by atoms with E-state index in [2.05, 4.69) is 16.0 Å². The maximum Gasteiger partial charge on any atom is 0.326 e. The molecule has 3 fully saturated rings. The third-order valence-electron chi connectivity index (χ3n) is 9.60. The van der Waals surface area contributed by atoms with Gasteiger partial charge in [-0.1, -0.05) is 6.07 Å². The van der Waals surface area contributed by atoms with Crippen molar-refractivity contribution in [2.24, 2.45) is 5.92 Å². The lowest BCUT2D eigenvalue weighted by Crippen LogP contribution is -2.52. The zero-order chi connectivity index (χ0) is 36.2. The maximum absolute atomic E-state index is 15.4. The molecular formula is C33H32FN7O9S. The van der Waals surface area contributed by atoms with E-state index in [0.717, 1.165) is 6.07 Å². The van der Waals surface area contributed by atoms with Crippen molar-refractivity contribution in [2.75, 3.05) is 41.1 Å². The van der Waals surface area contributed by atoms with Crippen molar-refractivity contribution in [3.63, 3.8) is 0 Å². The lowest BCUT2D eigenvalue weighted by molar-refractivity contribution is -0.137. The van der Waals surface area contributed by atoms with E-state index >= 15 is 4.39 Å². The molecule has 4 aliphatic rings. The van der Waals surface area contributed by atoms with Crippen LogP contribution in [0.3, 0.4) is 0 Å². The minimum absolute atomic E-state index is 0.0329. The average Bonchev–Trinajstić information content (AvgIpc) is 3.56. The van der Waals surface area contributed by atoms with Crippen molar-refractivity contribution in [3.05, 3.63) is 59.4 Å².